The molecule has 0 fully saturated rings. The van der Waals surface area contributed by atoms with E-state index in [9.17, 15) is 9.18 Å². The Hall–Kier alpha value is -0.920. The number of rotatable bonds is 2. The van der Waals surface area contributed by atoms with Crippen LogP contribution < -0.4 is 0 Å². The van der Waals surface area contributed by atoms with Crippen LogP contribution in [0.1, 0.15) is 13.3 Å². The number of ketones is 1. The third kappa shape index (κ3) is 2.00. The Morgan fingerprint density at radius 2 is 2.55 bits per heavy atom. The van der Waals surface area contributed by atoms with E-state index in [-0.39, 0.29) is 18.4 Å². The van der Waals surface area contributed by atoms with Crippen LogP contribution in [0.2, 0.25) is 0 Å². The fourth-order valence-corrected chi connectivity index (χ4v) is 1.11. The molecule has 1 atom stereocenters. The molecule has 0 aromatic heterocycles. The van der Waals surface area contributed by atoms with Gasteiger partial charge in [-0.25, -0.2) is 0 Å². The summed E-state index contributed by atoms with van der Waals surface area (Å²) in [4.78, 5) is 10.8. The van der Waals surface area contributed by atoms with Crippen molar-refractivity contribution in [1.29, 1.82) is 0 Å². The van der Waals surface area contributed by atoms with Gasteiger partial charge in [0, 0.05) is 5.92 Å². The van der Waals surface area contributed by atoms with E-state index in [1.165, 1.54) is 6.92 Å². The molecule has 2 heteroatoms. The SMILES string of the molecule is CC(=O)C1=CC=CC(CF)C1. The van der Waals surface area contributed by atoms with Crippen LogP contribution in [0, 0.1) is 5.92 Å². The van der Waals surface area contributed by atoms with Gasteiger partial charge in [0.15, 0.2) is 5.78 Å². The lowest BCUT2D eigenvalue weighted by Gasteiger charge is -2.12. The maximum absolute atomic E-state index is 12.1. The molecule has 1 aliphatic rings. The molecule has 0 heterocycles. The molecular weight excluding hydrogens is 143 g/mol. The fourth-order valence-electron chi connectivity index (χ4n) is 1.11. The zero-order valence-electron chi connectivity index (χ0n) is 6.51. The molecule has 1 nitrogen and oxygen atoms in total. The quantitative estimate of drug-likeness (QED) is 0.595. The second-order valence-corrected chi connectivity index (χ2v) is 2.75. The molecule has 0 saturated heterocycles. The van der Waals surface area contributed by atoms with Gasteiger partial charge >= 0.3 is 0 Å². The lowest BCUT2D eigenvalue weighted by molar-refractivity contribution is -0.113. The standard InChI is InChI=1S/C9H11FO/c1-7(11)9-4-2-3-8(5-9)6-10/h2-4,8H,5-6H2,1H3. The molecule has 1 unspecified atom stereocenters. The van der Waals surface area contributed by atoms with Crippen LogP contribution in [-0.4, -0.2) is 12.5 Å². The Balaban J connectivity index is 2.64. The molecule has 0 spiro atoms. The number of allylic oxidation sites excluding steroid dienone is 4. The van der Waals surface area contributed by atoms with Crippen molar-refractivity contribution >= 4 is 5.78 Å². The van der Waals surface area contributed by atoms with Gasteiger partial charge in [-0.2, -0.15) is 0 Å². The van der Waals surface area contributed by atoms with E-state index in [0.717, 1.165) is 5.57 Å². The first-order valence-electron chi connectivity index (χ1n) is 3.68. The van der Waals surface area contributed by atoms with Crippen LogP contribution in [0.3, 0.4) is 0 Å². The molecular formula is C9H11FO. The Kier molecular flexibility index (Phi) is 2.58. The Morgan fingerprint density at radius 1 is 1.82 bits per heavy atom. The van der Waals surface area contributed by atoms with Crippen LogP contribution in [0.4, 0.5) is 4.39 Å². The molecule has 0 bridgehead atoms. The molecule has 0 N–H and O–H groups in total. The fraction of sp³-hybridized carbons (Fsp3) is 0.444. The third-order valence-electron chi connectivity index (χ3n) is 1.81. The van der Waals surface area contributed by atoms with Crippen LogP contribution in [0.15, 0.2) is 23.8 Å². The van der Waals surface area contributed by atoms with E-state index in [1.807, 2.05) is 0 Å². The average molecular weight is 154 g/mol. The predicted octanol–water partition coefficient (Wildman–Crippen LogP) is 2.05. The van der Waals surface area contributed by atoms with Crippen LogP contribution >= 0.6 is 0 Å². The minimum atomic E-state index is -0.374. The summed E-state index contributed by atoms with van der Waals surface area (Å²) in [6.45, 7) is 1.14. The number of alkyl halides is 1. The van der Waals surface area contributed by atoms with Crippen LogP contribution in [-0.2, 0) is 4.79 Å². The first-order valence-corrected chi connectivity index (χ1v) is 3.68. The lowest BCUT2D eigenvalue weighted by Crippen LogP contribution is -2.08. The van der Waals surface area contributed by atoms with E-state index in [0.29, 0.717) is 6.42 Å². The minimum Gasteiger partial charge on any atom is -0.295 e. The van der Waals surface area contributed by atoms with E-state index < -0.39 is 0 Å². The molecule has 0 radical (unpaired) electrons. The van der Waals surface area contributed by atoms with Gasteiger partial charge in [-0.05, 0) is 18.9 Å². The van der Waals surface area contributed by atoms with E-state index >= 15 is 0 Å². The van der Waals surface area contributed by atoms with Gasteiger partial charge in [-0.3, -0.25) is 9.18 Å². The Bertz CT molecular complexity index is 216. The summed E-state index contributed by atoms with van der Waals surface area (Å²) in [5.74, 6) is -0.0355. The van der Waals surface area contributed by atoms with Crippen molar-refractivity contribution in [1.82, 2.24) is 0 Å². The van der Waals surface area contributed by atoms with Gasteiger partial charge in [0.25, 0.3) is 0 Å². The first kappa shape index (κ1) is 8.18. The van der Waals surface area contributed by atoms with Crippen molar-refractivity contribution in [2.45, 2.75) is 13.3 Å². The highest BCUT2D eigenvalue weighted by molar-refractivity contribution is 5.93. The lowest BCUT2D eigenvalue weighted by atomic mass is 9.93. The van der Waals surface area contributed by atoms with Crippen molar-refractivity contribution in [3.8, 4) is 0 Å². The average Bonchev–Trinajstić information content (AvgIpc) is 2.05. The number of carbonyl (C=O) groups is 1. The number of Topliss-reactive ketones (excluding diaryl/α,β-unsaturated/α-hetero) is 1. The summed E-state index contributed by atoms with van der Waals surface area (Å²) in [5, 5.41) is 0. The maximum atomic E-state index is 12.1. The second kappa shape index (κ2) is 3.46. The second-order valence-electron chi connectivity index (χ2n) is 2.75. The summed E-state index contributed by atoms with van der Waals surface area (Å²) in [6, 6.07) is 0. The molecule has 0 aliphatic heterocycles. The zero-order valence-corrected chi connectivity index (χ0v) is 6.51. The summed E-state index contributed by atoms with van der Waals surface area (Å²) in [7, 11) is 0. The number of halogens is 1. The topological polar surface area (TPSA) is 17.1 Å². The summed E-state index contributed by atoms with van der Waals surface area (Å²) < 4.78 is 12.1. The number of carbonyl (C=O) groups excluding carboxylic acids is 1. The van der Waals surface area contributed by atoms with Crippen molar-refractivity contribution in [3.63, 3.8) is 0 Å². The minimum absolute atomic E-state index is 0.0489. The largest absolute Gasteiger partial charge is 0.295 e. The third-order valence-corrected chi connectivity index (χ3v) is 1.81. The predicted molar refractivity (Wildman–Crippen MR) is 42.0 cm³/mol. The van der Waals surface area contributed by atoms with E-state index in [1.54, 1.807) is 18.2 Å². The van der Waals surface area contributed by atoms with Crippen LogP contribution in [0.5, 0.6) is 0 Å². The van der Waals surface area contributed by atoms with Gasteiger partial charge in [-0.15, -0.1) is 0 Å². The van der Waals surface area contributed by atoms with Gasteiger partial charge in [0.2, 0.25) is 0 Å². The van der Waals surface area contributed by atoms with Gasteiger partial charge < -0.3 is 0 Å². The van der Waals surface area contributed by atoms with Crippen molar-refractivity contribution in [2.75, 3.05) is 6.67 Å². The van der Waals surface area contributed by atoms with Gasteiger partial charge in [0.05, 0.1) is 6.67 Å². The van der Waals surface area contributed by atoms with Crippen LogP contribution in [0.25, 0.3) is 0 Å². The smallest absolute Gasteiger partial charge is 0.155 e. The summed E-state index contributed by atoms with van der Waals surface area (Å²) in [6.07, 6.45) is 5.87. The molecule has 60 valence electrons. The highest BCUT2D eigenvalue weighted by atomic mass is 19.1. The molecule has 1 aliphatic carbocycles. The highest BCUT2D eigenvalue weighted by Gasteiger charge is 2.13. The van der Waals surface area contributed by atoms with E-state index in [2.05, 4.69) is 0 Å². The normalized spacial score (nSPS) is 23.1. The zero-order chi connectivity index (χ0) is 8.27. The Labute approximate surface area is 65.6 Å². The monoisotopic (exact) mass is 154 g/mol. The molecule has 11 heavy (non-hydrogen) atoms. The first-order chi connectivity index (χ1) is 5.24. The summed E-state index contributed by atoms with van der Waals surface area (Å²) in [5.41, 5.74) is 0.732. The van der Waals surface area contributed by atoms with E-state index in [4.69, 9.17) is 0 Å². The molecule has 0 aromatic rings. The van der Waals surface area contributed by atoms with Crippen molar-refractivity contribution in [2.24, 2.45) is 5.92 Å². The maximum Gasteiger partial charge on any atom is 0.155 e. The molecule has 1 rings (SSSR count). The molecule has 0 aromatic carbocycles. The van der Waals surface area contributed by atoms with Gasteiger partial charge in [0.1, 0.15) is 0 Å². The molecule has 0 amide bonds. The number of hydrogen-bond donors (Lipinski definition) is 0. The molecule has 0 saturated carbocycles. The number of hydrogen-bond acceptors (Lipinski definition) is 1. The Morgan fingerprint density at radius 3 is 3.09 bits per heavy atom. The summed E-state index contributed by atoms with van der Waals surface area (Å²) >= 11 is 0. The highest BCUT2D eigenvalue weighted by Crippen LogP contribution is 2.19. The van der Waals surface area contributed by atoms with Crippen molar-refractivity contribution < 1.29 is 9.18 Å². The van der Waals surface area contributed by atoms with Crippen molar-refractivity contribution in [3.05, 3.63) is 23.8 Å². The van der Waals surface area contributed by atoms with Gasteiger partial charge in [-0.1, -0.05) is 18.2 Å².